The Kier molecular flexibility index (Phi) is 5.08. The van der Waals surface area contributed by atoms with Crippen LogP contribution in [0.15, 0.2) is 0 Å². The fourth-order valence-corrected chi connectivity index (χ4v) is 19.6. The van der Waals surface area contributed by atoms with E-state index in [0.717, 1.165) is 0 Å². The van der Waals surface area contributed by atoms with Crippen molar-refractivity contribution in [1.29, 1.82) is 0 Å². The molecule has 72 valence electrons. The van der Waals surface area contributed by atoms with E-state index >= 15 is 0 Å². The van der Waals surface area contributed by atoms with E-state index in [4.69, 9.17) is 0 Å². The summed E-state index contributed by atoms with van der Waals surface area (Å²) in [5.41, 5.74) is 0. The molecule has 1 aliphatic rings. The van der Waals surface area contributed by atoms with E-state index in [1.165, 1.54) is 18.9 Å². The molecule has 1 saturated heterocycles. The van der Waals surface area contributed by atoms with Gasteiger partial charge in [0.15, 0.2) is 0 Å². The highest BCUT2D eigenvalue weighted by atomic mass is 79.9. The molecule has 0 aromatic rings. The third kappa shape index (κ3) is 3.64. The van der Waals surface area contributed by atoms with Crippen molar-refractivity contribution < 1.29 is 0 Å². The molecule has 1 heterocycles. The molecule has 1 rings (SSSR count). The van der Waals surface area contributed by atoms with Crippen LogP contribution in [-0.2, 0) is 0 Å². The first kappa shape index (κ1) is 11.5. The Balaban J connectivity index is 2.29. The van der Waals surface area contributed by atoms with Crippen LogP contribution in [0.4, 0.5) is 0 Å². The van der Waals surface area contributed by atoms with Gasteiger partial charge in [-0.15, -0.1) is 30.6 Å². The van der Waals surface area contributed by atoms with Gasteiger partial charge in [0.1, 0.15) is 14.1 Å². The van der Waals surface area contributed by atoms with Crippen LogP contribution < -0.4 is 0 Å². The van der Waals surface area contributed by atoms with Crippen LogP contribution in [0.1, 0.15) is 19.8 Å². The van der Waals surface area contributed by atoms with Gasteiger partial charge in [0.25, 0.3) is 0 Å². The molecular formula is C8H18Br2Si2. The standard InChI is InChI=1S/C8H18Br2Si2/c1-2-3-6-12(10)7-4-11(9)5-8-12/h11H,2-8H2,1H3. The third-order valence-electron chi connectivity index (χ3n) is 2.79. The maximum absolute atomic E-state index is 4.06. The van der Waals surface area contributed by atoms with Crippen molar-refractivity contribution in [2.24, 2.45) is 0 Å². The number of hydrogen-bond acceptors (Lipinski definition) is 0. The second-order valence-electron chi connectivity index (χ2n) is 3.93. The molecule has 0 saturated carbocycles. The molecule has 0 bridgehead atoms. The van der Waals surface area contributed by atoms with E-state index in [2.05, 4.69) is 37.5 Å². The lowest BCUT2D eigenvalue weighted by molar-refractivity contribution is 0.864. The molecular weight excluding hydrogens is 312 g/mol. The maximum Gasteiger partial charge on any atom is 0.129 e. The lowest BCUT2D eigenvalue weighted by Crippen LogP contribution is -2.32. The first-order chi connectivity index (χ1) is 5.66. The molecule has 4 heteroatoms. The van der Waals surface area contributed by atoms with Gasteiger partial charge in [-0.05, 0) is 18.1 Å². The van der Waals surface area contributed by atoms with Crippen molar-refractivity contribution in [3.8, 4) is 0 Å². The normalized spacial score (nSPS) is 36.8. The Morgan fingerprint density at radius 1 is 1.33 bits per heavy atom. The van der Waals surface area contributed by atoms with Crippen LogP contribution in [0.3, 0.4) is 0 Å². The van der Waals surface area contributed by atoms with Gasteiger partial charge in [-0.2, -0.15) is 0 Å². The van der Waals surface area contributed by atoms with Crippen molar-refractivity contribution in [3.05, 3.63) is 0 Å². The van der Waals surface area contributed by atoms with E-state index in [9.17, 15) is 0 Å². The van der Waals surface area contributed by atoms with Crippen molar-refractivity contribution >= 4 is 44.7 Å². The maximum atomic E-state index is 4.06. The molecule has 1 fully saturated rings. The van der Waals surface area contributed by atoms with Crippen molar-refractivity contribution in [3.63, 3.8) is 0 Å². The number of rotatable bonds is 3. The summed E-state index contributed by atoms with van der Waals surface area (Å²) in [6, 6.07) is 7.71. The molecule has 0 aromatic heterocycles. The summed E-state index contributed by atoms with van der Waals surface area (Å²) in [4.78, 5) is 0. The second kappa shape index (κ2) is 5.32. The van der Waals surface area contributed by atoms with Crippen LogP contribution in [0.25, 0.3) is 0 Å². The fraction of sp³-hybridized carbons (Fsp3) is 1.00. The zero-order valence-electron chi connectivity index (χ0n) is 7.78. The summed E-state index contributed by atoms with van der Waals surface area (Å²) in [7, 11) is -0.393. The average Bonchev–Trinajstić information content (AvgIpc) is 2.08. The first-order valence-electron chi connectivity index (χ1n) is 4.99. The van der Waals surface area contributed by atoms with Gasteiger partial charge < -0.3 is 0 Å². The molecule has 0 atom stereocenters. The summed E-state index contributed by atoms with van der Waals surface area (Å²) in [5.74, 6) is 0. The van der Waals surface area contributed by atoms with Crippen LogP contribution in [0.2, 0.25) is 30.2 Å². The molecule has 0 aromatic carbocycles. The van der Waals surface area contributed by atoms with E-state index in [0.29, 0.717) is 0 Å². The number of unbranched alkanes of at least 4 members (excludes halogenated alkanes) is 1. The number of halogens is 2. The zero-order valence-corrected chi connectivity index (χ0v) is 13.1. The van der Waals surface area contributed by atoms with E-state index in [1.807, 2.05) is 0 Å². The van der Waals surface area contributed by atoms with Gasteiger partial charge in [-0.3, -0.25) is 0 Å². The van der Waals surface area contributed by atoms with E-state index in [1.54, 1.807) is 24.2 Å². The van der Waals surface area contributed by atoms with Crippen LogP contribution >= 0.6 is 30.6 Å². The van der Waals surface area contributed by atoms with Gasteiger partial charge >= 0.3 is 0 Å². The monoisotopic (exact) mass is 328 g/mol. The summed E-state index contributed by atoms with van der Waals surface area (Å²) < 4.78 is 0. The molecule has 0 radical (unpaired) electrons. The molecule has 0 aliphatic carbocycles. The highest BCUT2D eigenvalue weighted by Crippen LogP contribution is 2.39. The summed E-state index contributed by atoms with van der Waals surface area (Å²) in [5, 5.41) is 0. The predicted molar refractivity (Wildman–Crippen MR) is 69.7 cm³/mol. The quantitative estimate of drug-likeness (QED) is 0.536. The van der Waals surface area contributed by atoms with E-state index in [-0.39, 0.29) is 0 Å². The van der Waals surface area contributed by atoms with Crippen molar-refractivity contribution in [1.82, 2.24) is 0 Å². The topological polar surface area (TPSA) is 0 Å². The summed E-state index contributed by atoms with van der Waals surface area (Å²) >= 11 is 7.91. The van der Waals surface area contributed by atoms with Crippen LogP contribution in [0, 0.1) is 0 Å². The highest BCUT2D eigenvalue weighted by Gasteiger charge is 2.34. The molecule has 0 N–H and O–H groups in total. The van der Waals surface area contributed by atoms with Gasteiger partial charge in [-0.25, -0.2) is 0 Å². The van der Waals surface area contributed by atoms with Crippen molar-refractivity contribution in [2.75, 3.05) is 0 Å². The molecule has 0 unspecified atom stereocenters. The Morgan fingerprint density at radius 2 is 1.92 bits per heavy atom. The lowest BCUT2D eigenvalue weighted by Gasteiger charge is -2.31. The Labute approximate surface area is 94.3 Å². The second-order valence-corrected chi connectivity index (χ2v) is 19.0. The molecule has 0 amide bonds. The molecule has 12 heavy (non-hydrogen) atoms. The largest absolute Gasteiger partial charge is 0.131 e. The summed E-state index contributed by atoms with van der Waals surface area (Å²) in [6.45, 7) is 1.42. The van der Waals surface area contributed by atoms with Crippen molar-refractivity contribution in [2.45, 2.75) is 50.0 Å². The number of hydrogen-bond donors (Lipinski definition) is 0. The Hall–Kier alpha value is 1.39. The minimum Gasteiger partial charge on any atom is -0.131 e. The van der Waals surface area contributed by atoms with Gasteiger partial charge in [0.2, 0.25) is 0 Å². The Morgan fingerprint density at radius 3 is 2.42 bits per heavy atom. The lowest BCUT2D eigenvalue weighted by atomic mass is 10.4. The first-order valence-corrected chi connectivity index (χ1v) is 14.7. The highest BCUT2D eigenvalue weighted by molar-refractivity contribution is 9.26. The summed E-state index contributed by atoms with van der Waals surface area (Å²) in [6.07, 6.45) is 2.82. The smallest absolute Gasteiger partial charge is 0.129 e. The van der Waals surface area contributed by atoms with Gasteiger partial charge in [0, 0.05) is 0 Å². The van der Waals surface area contributed by atoms with Gasteiger partial charge in [0.05, 0.1) is 0 Å². The molecule has 1 aliphatic heterocycles. The van der Waals surface area contributed by atoms with Gasteiger partial charge in [-0.1, -0.05) is 31.9 Å². The SMILES string of the molecule is CCCC[Si]1(Br)CC[SiH](Br)CC1. The third-order valence-corrected chi connectivity index (χ3v) is 15.7. The minimum atomic E-state index is -0.882. The van der Waals surface area contributed by atoms with Crippen LogP contribution in [-0.4, -0.2) is 14.1 Å². The zero-order chi connectivity index (χ0) is 9.03. The molecule has 0 nitrogen and oxygen atoms in total. The molecule has 0 spiro atoms. The van der Waals surface area contributed by atoms with Crippen LogP contribution in [0.5, 0.6) is 0 Å². The Bertz CT molecular complexity index is 128. The predicted octanol–water partition coefficient (Wildman–Crippen LogP) is 4.26. The minimum absolute atomic E-state index is 0.393. The van der Waals surface area contributed by atoms with E-state index < -0.39 is 14.1 Å². The average molecular weight is 330 g/mol. The fourth-order valence-electron chi connectivity index (χ4n) is 1.84.